The Balaban J connectivity index is 1.73. The fourth-order valence-corrected chi connectivity index (χ4v) is 4.83. The molecule has 2 aromatic carbocycles. The van der Waals surface area contributed by atoms with Crippen LogP contribution in [0.15, 0.2) is 48.5 Å². The highest BCUT2D eigenvalue weighted by Gasteiger charge is 2.49. The van der Waals surface area contributed by atoms with Crippen molar-refractivity contribution in [3.8, 4) is 22.4 Å². The molecular weight excluding hydrogens is 473 g/mol. The third-order valence-electron chi connectivity index (χ3n) is 6.01. The first kappa shape index (κ1) is 22.6. The Morgan fingerprint density at radius 1 is 1.15 bits per heavy atom. The smallest absolute Gasteiger partial charge is 0.241 e. The van der Waals surface area contributed by atoms with Gasteiger partial charge in [0.05, 0.1) is 10.6 Å². The second-order valence-corrected chi connectivity index (χ2v) is 9.20. The topological polar surface area (TPSA) is 101 Å². The lowest BCUT2D eigenvalue weighted by molar-refractivity contribution is -0.125. The van der Waals surface area contributed by atoms with Gasteiger partial charge in [0.25, 0.3) is 0 Å². The highest BCUT2D eigenvalue weighted by Crippen LogP contribution is 2.39. The summed E-state index contributed by atoms with van der Waals surface area (Å²) in [7, 11) is 0. The molecular formula is C24H23Cl2N7O. The van der Waals surface area contributed by atoms with Gasteiger partial charge in [-0.05, 0) is 37.2 Å². The van der Waals surface area contributed by atoms with Crippen molar-refractivity contribution in [2.24, 2.45) is 5.73 Å². The molecule has 0 radical (unpaired) electrons. The predicted octanol–water partition coefficient (Wildman–Crippen LogP) is 3.73. The monoisotopic (exact) mass is 495 g/mol. The average molecular weight is 496 g/mol. The van der Waals surface area contributed by atoms with Gasteiger partial charge in [0.15, 0.2) is 5.65 Å². The van der Waals surface area contributed by atoms with Crippen molar-refractivity contribution in [2.45, 2.75) is 19.4 Å². The van der Waals surface area contributed by atoms with Gasteiger partial charge in [-0.25, -0.2) is 4.98 Å². The molecule has 0 unspecified atom stereocenters. The third kappa shape index (κ3) is 3.68. The predicted molar refractivity (Wildman–Crippen MR) is 134 cm³/mol. The van der Waals surface area contributed by atoms with Crippen molar-refractivity contribution < 1.29 is 4.79 Å². The molecule has 0 atom stereocenters. The van der Waals surface area contributed by atoms with E-state index in [2.05, 4.69) is 10.3 Å². The van der Waals surface area contributed by atoms with Crippen LogP contribution in [0.5, 0.6) is 0 Å². The van der Waals surface area contributed by atoms with Crippen LogP contribution in [0.25, 0.3) is 28.0 Å². The lowest BCUT2D eigenvalue weighted by Gasteiger charge is -2.48. The Bertz CT molecular complexity index is 1410. The lowest BCUT2D eigenvalue weighted by Crippen LogP contribution is -2.75. The van der Waals surface area contributed by atoms with E-state index >= 15 is 0 Å². The van der Waals surface area contributed by atoms with Crippen molar-refractivity contribution in [3.63, 3.8) is 0 Å². The second-order valence-electron chi connectivity index (χ2n) is 8.35. The Morgan fingerprint density at radius 2 is 1.91 bits per heavy atom. The minimum atomic E-state index is -0.797. The highest BCUT2D eigenvalue weighted by atomic mass is 35.5. The van der Waals surface area contributed by atoms with Crippen LogP contribution < -0.4 is 16.0 Å². The van der Waals surface area contributed by atoms with Crippen LogP contribution in [-0.2, 0) is 4.79 Å². The van der Waals surface area contributed by atoms with Crippen molar-refractivity contribution in [1.29, 1.82) is 0 Å². The number of nitrogens with one attached hydrogen (secondary N) is 1. The van der Waals surface area contributed by atoms with E-state index in [0.29, 0.717) is 52.8 Å². The Kier molecular flexibility index (Phi) is 5.67. The average Bonchev–Trinajstić information content (AvgIpc) is 3.14. The van der Waals surface area contributed by atoms with Crippen LogP contribution in [0.1, 0.15) is 12.7 Å². The number of hydrogen-bond donors (Lipinski definition) is 2. The molecule has 174 valence electrons. The molecule has 0 spiro atoms. The molecule has 4 aromatic rings. The summed E-state index contributed by atoms with van der Waals surface area (Å²) in [5, 5.41) is 9.31. The maximum absolute atomic E-state index is 12.1. The Hall–Kier alpha value is -3.20. The summed E-state index contributed by atoms with van der Waals surface area (Å²) in [6, 6.07) is 15.1. The van der Waals surface area contributed by atoms with Crippen molar-refractivity contribution in [2.75, 3.05) is 24.5 Å². The van der Waals surface area contributed by atoms with E-state index in [1.165, 1.54) is 0 Å². The van der Waals surface area contributed by atoms with Gasteiger partial charge in [0.2, 0.25) is 11.9 Å². The van der Waals surface area contributed by atoms with E-state index in [1.807, 2.05) is 67.3 Å². The fraction of sp³-hybridized carbons (Fsp3) is 0.250. The molecule has 3 heterocycles. The molecule has 0 aliphatic carbocycles. The number of fused-ring (bicyclic) bond motifs is 1. The van der Waals surface area contributed by atoms with E-state index in [4.69, 9.17) is 39.0 Å². The van der Waals surface area contributed by atoms with Gasteiger partial charge in [0.1, 0.15) is 17.1 Å². The number of carbonyl (C=O) groups excluding carboxylic acids is 1. The van der Waals surface area contributed by atoms with Gasteiger partial charge in [-0.3, -0.25) is 4.79 Å². The van der Waals surface area contributed by atoms with Crippen molar-refractivity contribution in [1.82, 2.24) is 24.9 Å². The summed E-state index contributed by atoms with van der Waals surface area (Å²) in [4.78, 5) is 23.5. The number of benzene rings is 2. The van der Waals surface area contributed by atoms with E-state index in [0.717, 1.165) is 16.7 Å². The number of halogens is 2. The van der Waals surface area contributed by atoms with E-state index in [9.17, 15) is 4.79 Å². The molecule has 2 aromatic heterocycles. The summed E-state index contributed by atoms with van der Waals surface area (Å²) in [5.74, 6) is 0.778. The molecule has 1 fully saturated rings. The SMILES string of the molecule is CCNC1(C(N)=O)CN(c2nc(C)nc3c(-c4cccc(Cl)c4)c(-c4ccccc4Cl)nn23)C1. The molecule has 0 saturated carbocycles. The van der Waals surface area contributed by atoms with Gasteiger partial charge >= 0.3 is 0 Å². The Labute approximate surface area is 206 Å². The number of amides is 1. The molecule has 5 rings (SSSR count). The zero-order valence-corrected chi connectivity index (χ0v) is 20.2. The van der Waals surface area contributed by atoms with E-state index in [1.54, 1.807) is 4.52 Å². The normalized spacial score (nSPS) is 14.9. The van der Waals surface area contributed by atoms with Gasteiger partial charge in [-0.1, -0.05) is 60.5 Å². The lowest BCUT2D eigenvalue weighted by atomic mass is 9.89. The number of likely N-dealkylation sites (N-methyl/N-ethyl adjacent to an activating group) is 1. The number of anilines is 1. The first-order chi connectivity index (χ1) is 16.3. The minimum absolute atomic E-state index is 0.384. The van der Waals surface area contributed by atoms with Gasteiger partial charge in [-0.15, -0.1) is 0 Å². The molecule has 1 aliphatic heterocycles. The molecule has 1 saturated heterocycles. The van der Waals surface area contributed by atoms with Crippen LogP contribution in [0.2, 0.25) is 10.0 Å². The van der Waals surface area contributed by atoms with Crippen LogP contribution in [0.3, 0.4) is 0 Å². The summed E-state index contributed by atoms with van der Waals surface area (Å²) in [6.45, 7) is 5.18. The molecule has 10 heteroatoms. The largest absolute Gasteiger partial charge is 0.368 e. The zero-order chi connectivity index (χ0) is 24.0. The standard InChI is InChI=1S/C24H23Cl2N7O/c1-3-28-24(22(27)34)12-32(13-24)23-30-14(2)29-21-19(15-7-6-8-16(25)11-15)20(31-33(21)23)17-9-4-5-10-18(17)26/h4-11,28H,3,12-13H2,1-2H3,(H2,27,34). The molecule has 1 aliphatic rings. The Morgan fingerprint density at radius 3 is 2.59 bits per heavy atom. The number of aryl methyl sites for hydroxylation is 1. The zero-order valence-electron chi connectivity index (χ0n) is 18.7. The van der Waals surface area contributed by atoms with E-state index in [-0.39, 0.29) is 5.91 Å². The maximum atomic E-state index is 12.1. The van der Waals surface area contributed by atoms with Gasteiger partial charge < -0.3 is 16.0 Å². The number of hydrogen-bond acceptors (Lipinski definition) is 6. The van der Waals surface area contributed by atoms with Gasteiger partial charge in [-0.2, -0.15) is 14.6 Å². The number of aromatic nitrogens is 4. The van der Waals surface area contributed by atoms with Gasteiger partial charge in [0, 0.05) is 23.7 Å². The molecule has 3 N–H and O–H groups in total. The third-order valence-corrected chi connectivity index (χ3v) is 6.58. The number of primary amides is 1. The van der Waals surface area contributed by atoms with Crippen molar-refractivity contribution in [3.05, 3.63) is 64.4 Å². The molecule has 1 amide bonds. The number of carbonyl (C=O) groups is 1. The van der Waals surface area contributed by atoms with Crippen LogP contribution in [0.4, 0.5) is 5.95 Å². The van der Waals surface area contributed by atoms with Crippen LogP contribution in [0, 0.1) is 6.92 Å². The van der Waals surface area contributed by atoms with E-state index < -0.39 is 5.54 Å². The quantitative estimate of drug-likeness (QED) is 0.422. The first-order valence-electron chi connectivity index (χ1n) is 10.9. The highest BCUT2D eigenvalue weighted by molar-refractivity contribution is 6.33. The second kappa shape index (κ2) is 8.54. The first-order valence-corrected chi connectivity index (χ1v) is 11.7. The summed E-state index contributed by atoms with van der Waals surface area (Å²) in [5.41, 5.74) is 8.64. The number of nitrogens with zero attached hydrogens (tertiary/aromatic N) is 5. The summed E-state index contributed by atoms with van der Waals surface area (Å²) in [6.07, 6.45) is 0. The summed E-state index contributed by atoms with van der Waals surface area (Å²) < 4.78 is 1.71. The summed E-state index contributed by atoms with van der Waals surface area (Å²) >= 11 is 12.9. The van der Waals surface area contributed by atoms with Crippen molar-refractivity contribution >= 4 is 40.7 Å². The molecule has 0 bridgehead atoms. The number of rotatable bonds is 6. The van der Waals surface area contributed by atoms with Crippen LogP contribution >= 0.6 is 23.2 Å². The molecule has 8 nitrogen and oxygen atoms in total. The maximum Gasteiger partial charge on any atom is 0.241 e. The number of nitrogens with two attached hydrogens (primary N) is 1. The fourth-order valence-electron chi connectivity index (χ4n) is 4.42. The van der Waals surface area contributed by atoms with Crippen LogP contribution in [-0.4, -0.2) is 50.7 Å². The minimum Gasteiger partial charge on any atom is -0.368 e. The molecule has 34 heavy (non-hydrogen) atoms.